The number of rotatable bonds is 1. The minimum atomic E-state index is -0.380. The summed E-state index contributed by atoms with van der Waals surface area (Å²) in [4.78, 5) is 9.85. The summed E-state index contributed by atoms with van der Waals surface area (Å²) >= 11 is 0. The molecule has 0 heterocycles. The quantitative estimate of drug-likeness (QED) is 0.512. The van der Waals surface area contributed by atoms with Crippen LogP contribution in [0.3, 0.4) is 0 Å². The number of nitro groups is 1. The Hall–Kier alpha value is -1.42. The monoisotopic (exact) mass is 169 g/mol. The Morgan fingerprint density at radius 1 is 1.33 bits per heavy atom. The van der Waals surface area contributed by atoms with Crippen molar-refractivity contribution < 1.29 is 10.0 Å². The molecule has 0 aromatic heterocycles. The van der Waals surface area contributed by atoms with Crippen LogP contribution in [0.25, 0.3) is 0 Å². The van der Waals surface area contributed by atoms with Crippen LogP contribution in [0.2, 0.25) is 0 Å². The molecule has 12 heavy (non-hydrogen) atoms. The first-order valence-corrected chi connectivity index (χ1v) is 3.36. The lowest BCUT2D eigenvalue weighted by atomic mass is 10.2. The Balaban J connectivity index is 0.000000561. The van der Waals surface area contributed by atoms with Crippen molar-refractivity contribution in [1.29, 1.82) is 0 Å². The van der Waals surface area contributed by atoms with Gasteiger partial charge in [-0.2, -0.15) is 0 Å². The van der Waals surface area contributed by atoms with E-state index < -0.39 is 0 Å². The lowest BCUT2D eigenvalue weighted by Gasteiger charge is -1.92. The van der Waals surface area contributed by atoms with E-state index in [1.807, 2.05) is 0 Å². The minimum absolute atomic E-state index is 0.183. The van der Waals surface area contributed by atoms with Crippen molar-refractivity contribution in [2.24, 2.45) is 0 Å². The smallest absolute Gasteiger partial charge is 0.272 e. The predicted molar refractivity (Wildman–Crippen MR) is 46.0 cm³/mol. The second-order valence-corrected chi connectivity index (χ2v) is 2.04. The molecule has 1 aromatic carbocycles. The highest BCUT2D eigenvalue weighted by Crippen LogP contribution is 2.14. The maximum absolute atomic E-state index is 10.2. The van der Waals surface area contributed by atoms with Crippen LogP contribution in [0.4, 0.5) is 5.69 Å². The summed E-state index contributed by atoms with van der Waals surface area (Å²) in [6.07, 6.45) is 0. The third kappa shape index (κ3) is 2.67. The highest BCUT2D eigenvalue weighted by molar-refractivity contribution is 5.38. The van der Waals surface area contributed by atoms with Crippen LogP contribution in [0.5, 0.6) is 0 Å². The number of nitrogens with zero attached hydrogens (tertiary/aromatic N) is 1. The van der Waals surface area contributed by atoms with E-state index in [1.165, 1.54) is 6.07 Å². The summed E-state index contributed by atoms with van der Waals surface area (Å²) in [5.74, 6) is 0. The van der Waals surface area contributed by atoms with E-state index in [9.17, 15) is 10.1 Å². The van der Waals surface area contributed by atoms with Crippen molar-refractivity contribution in [3.63, 3.8) is 0 Å². The third-order valence-corrected chi connectivity index (χ3v) is 1.31. The number of hydrogen-bond donors (Lipinski definition) is 1. The fourth-order valence-corrected chi connectivity index (χ4v) is 0.768. The van der Waals surface area contributed by atoms with Gasteiger partial charge in [-0.15, -0.1) is 0 Å². The van der Waals surface area contributed by atoms with E-state index >= 15 is 0 Å². The van der Waals surface area contributed by atoms with Crippen molar-refractivity contribution in [2.45, 2.75) is 6.92 Å². The number of aliphatic hydroxyl groups excluding tert-OH is 1. The zero-order valence-corrected chi connectivity index (χ0v) is 7.02. The summed E-state index contributed by atoms with van der Waals surface area (Å²) in [7, 11) is 1.00. The molecule has 1 N–H and O–H groups in total. The van der Waals surface area contributed by atoms with Crippen molar-refractivity contribution >= 4 is 5.69 Å². The Morgan fingerprint density at radius 2 is 1.83 bits per heavy atom. The van der Waals surface area contributed by atoms with Crippen LogP contribution in [-0.4, -0.2) is 17.1 Å². The number of aryl methyl sites for hydroxylation is 1. The van der Waals surface area contributed by atoms with Gasteiger partial charge in [0.2, 0.25) is 0 Å². The highest BCUT2D eigenvalue weighted by Gasteiger charge is 2.05. The van der Waals surface area contributed by atoms with Gasteiger partial charge in [0.1, 0.15) is 0 Å². The van der Waals surface area contributed by atoms with Crippen molar-refractivity contribution in [1.82, 2.24) is 0 Å². The molecule has 1 rings (SSSR count). The summed E-state index contributed by atoms with van der Waals surface area (Å²) in [5, 5.41) is 17.2. The fourth-order valence-electron chi connectivity index (χ4n) is 0.768. The molecule has 66 valence electrons. The maximum atomic E-state index is 10.2. The number of aliphatic hydroxyl groups is 1. The molecule has 4 heteroatoms. The molecule has 0 spiro atoms. The molecule has 0 aliphatic heterocycles. The first-order valence-electron chi connectivity index (χ1n) is 3.36. The SMILES string of the molecule is CO.Cc1ccccc1[N+](=O)[O-]. The Labute approximate surface area is 70.6 Å². The first-order chi connectivity index (χ1) is 5.72. The number of hydrogen-bond acceptors (Lipinski definition) is 3. The van der Waals surface area contributed by atoms with E-state index in [4.69, 9.17) is 5.11 Å². The van der Waals surface area contributed by atoms with Gasteiger partial charge in [-0.3, -0.25) is 10.1 Å². The Morgan fingerprint density at radius 3 is 2.17 bits per heavy atom. The summed E-state index contributed by atoms with van der Waals surface area (Å²) in [6, 6.07) is 6.65. The number of para-hydroxylation sites is 1. The van der Waals surface area contributed by atoms with Gasteiger partial charge in [0.15, 0.2) is 0 Å². The molecule has 0 bridgehead atoms. The highest BCUT2D eigenvalue weighted by atomic mass is 16.6. The number of benzene rings is 1. The van der Waals surface area contributed by atoms with E-state index in [2.05, 4.69) is 0 Å². The van der Waals surface area contributed by atoms with E-state index in [0.717, 1.165) is 7.11 Å². The first kappa shape index (κ1) is 10.6. The third-order valence-electron chi connectivity index (χ3n) is 1.31. The second-order valence-electron chi connectivity index (χ2n) is 2.04. The topological polar surface area (TPSA) is 63.4 Å². The van der Waals surface area contributed by atoms with Crippen molar-refractivity contribution in [3.05, 3.63) is 39.9 Å². The lowest BCUT2D eigenvalue weighted by Crippen LogP contribution is -1.89. The van der Waals surface area contributed by atoms with Crippen molar-refractivity contribution in [3.8, 4) is 0 Å². The van der Waals surface area contributed by atoms with Gasteiger partial charge < -0.3 is 5.11 Å². The van der Waals surface area contributed by atoms with Gasteiger partial charge in [0.05, 0.1) is 4.92 Å². The standard InChI is InChI=1S/C7H7NO2.CH4O/c1-6-4-2-3-5-7(6)8(9)10;1-2/h2-5H,1H3;2H,1H3. The zero-order valence-electron chi connectivity index (χ0n) is 7.02. The second kappa shape index (κ2) is 5.26. The zero-order chi connectivity index (χ0) is 9.56. The molecule has 0 unspecified atom stereocenters. The Kier molecular flexibility index (Phi) is 4.64. The minimum Gasteiger partial charge on any atom is -0.400 e. The van der Waals surface area contributed by atoms with Gasteiger partial charge in [0, 0.05) is 18.7 Å². The van der Waals surface area contributed by atoms with Crippen LogP contribution in [0, 0.1) is 17.0 Å². The predicted octanol–water partition coefficient (Wildman–Crippen LogP) is 1.51. The van der Waals surface area contributed by atoms with Gasteiger partial charge in [-0.1, -0.05) is 18.2 Å². The largest absolute Gasteiger partial charge is 0.400 e. The number of nitro benzene ring substituents is 1. The van der Waals surface area contributed by atoms with E-state index in [-0.39, 0.29) is 10.6 Å². The van der Waals surface area contributed by atoms with Crippen LogP contribution in [0.15, 0.2) is 24.3 Å². The fraction of sp³-hybridized carbons (Fsp3) is 0.250. The molecule has 0 atom stereocenters. The molecule has 0 radical (unpaired) electrons. The van der Waals surface area contributed by atoms with E-state index in [0.29, 0.717) is 5.56 Å². The molecule has 0 saturated carbocycles. The normalized spacial score (nSPS) is 8.25. The van der Waals surface area contributed by atoms with Crippen LogP contribution < -0.4 is 0 Å². The van der Waals surface area contributed by atoms with Crippen LogP contribution in [-0.2, 0) is 0 Å². The lowest BCUT2D eigenvalue weighted by molar-refractivity contribution is -0.385. The van der Waals surface area contributed by atoms with Crippen LogP contribution >= 0.6 is 0 Å². The van der Waals surface area contributed by atoms with Gasteiger partial charge >= 0.3 is 0 Å². The molecule has 0 aliphatic rings. The molecular formula is C8H11NO3. The molecule has 0 amide bonds. The molecule has 0 fully saturated rings. The molecule has 0 aliphatic carbocycles. The molecule has 1 aromatic rings. The van der Waals surface area contributed by atoms with Gasteiger partial charge in [-0.05, 0) is 6.92 Å². The van der Waals surface area contributed by atoms with Gasteiger partial charge in [0.25, 0.3) is 5.69 Å². The van der Waals surface area contributed by atoms with E-state index in [1.54, 1.807) is 25.1 Å². The molecular weight excluding hydrogens is 158 g/mol. The van der Waals surface area contributed by atoms with Crippen molar-refractivity contribution in [2.75, 3.05) is 7.11 Å². The summed E-state index contributed by atoms with van der Waals surface area (Å²) in [5.41, 5.74) is 0.884. The van der Waals surface area contributed by atoms with Crippen LogP contribution in [0.1, 0.15) is 5.56 Å². The summed E-state index contributed by atoms with van der Waals surface area (Å²) in [6.45, 7) is 1.72. The maximum Gasteiger partial charge on any atom is 0.272 e. The van der Waals surface area contributed by atoms with Gasteiger partial charge in [-0.25, -0.2) is 0 Å². The summed E-state index contributed by atoms with van der Waals surface area (Å²) < 4.78 is 0. The molecule has 0 saturated heterocycles. The average Bonchev–Trinajstić information content (AvgIpc) is 2.08. The molecule has 4 nitrogen and oxygen atoms in total. The Bertz CT molecular complexity index is 260. The average molecular weight is 169 g/mol.